The molecule has 52 heavy (non-hydrogen) atoms. The maximum Gasteiger partial charge on any atom is 0.309 e. The van der Waals surface area contributed by atoms with E-state index < -0.39 is 11.9 Å². The molecule has 16 heteroatoms. The highest BCUT2D eigenvalue weighted by atomic mass is 32.2. The SMILES string of the molecule is CCCCSCC(C)C(=O)OCCOC(=O)CCN(CCC(=O)OCCOC(=O)C(C)CSCCCC)Cc1cn(CCCOCCCOC)nn1. The van der Waals surface area contributed by atoms with E-state index in [-0.39, 0.29) is 63.0 Å². The number of thioether (sulfide) groups is 2. The summed E-state index contributed by atoms with van der Waals surface area (Å²) in [6.07, 6.45) is 8.05. The van der Waals surface area contributed by atoms with Crippen molar-refractivity contribution < 1.29 is 47.6 Å². The number of hydrogen-bond acceptors (Lipinski definition) is 15. The number of carbonyl (C=O) groups excluding carboxylic acids is 4. The summed E-state index contributed by atoms with van der Waals surface area (Å²) in [7, 11) is 1.66. The third-order valence-corrected chi connectivity index (χ3v) is 10.2. The average molecular weight is 777 g/mol. The zero-order chi connectivity index (χ0) is 38.2. The van der Waals surface area contributed by atoms with Crippen molar-refractivity contribution in [3.63, 3.8) is 0 Å². The van der Waals surface area contributed by atoms with Crippen LogP contribution in [0.1, 0.15) is 84.8 Å². The molecular formula is C36H64N4O10S2. The van der Waals surface area contributed by atoms with Gasteiger partial charge in [-0.25, -0.2) is 0 Å². The normalized spacial score (nSPS) is 12.4. The minimum Gasteiger partial charge on any atom is -0.462 e. The molecule has 0 aliphatic rings. The van der Waals surface area contributed by atoms with Gasteiger partial charge in [-0.1, -0.05) is 45.7 Å². The Morgan fingerprint density at radius 3 is 1.77 bits per heavy atom. The second kappa shape index (κ2) is 32.1. The Morgan fingerprint density at radius 1 is 0.731 bits per heavy atom. The molecule has 1 heterocycles. The Hall–Kier alpha value is -2.40. The van der Waals surface area contributed by atoms with Gasteiger partial charge in [-0.2, -0.15) is 23.5 Å². The van der Waals surface area contributed by atoms with Gasteiger partial charge in [0.2, 0.25) is 0 Å². The van der Waals surface area contributed by atoms with Gasteiger partial charge in [-0.3, -0.25) is 28.8 Å². The molecule has 0 bridgehead atoms. The van der Waals surface area contributed by atoms with E-state index in [0.29, 0.717) is 63.2 Å². The molecule has 0 saturated carbocycles. The predicted molar refractivity (Wildman–Crippen MR) is 203 cm³/mol. The maximum absolute atomic E-state index is 12.5. The number of aromatic nitrogens is 3. The van der Waals surface area contributed by atoms with Crippen LogP contribution in [0.5, 0.6) is 0 Å². The number of aryl methyl sites for hydroxylation is 1. The molecule has 0 N–H and O–H groups in total. The van der Waals surface area contributed by atoms with E-state index in [1.807, 2.05) is 24.9 Å². The summed E-state index contributed by atoms with van der Waals surface area (Å²) in [5, 5.41) is 8.47. The fourth-order valence-corrected chi connectivity index (χ4v) is 6.73. The fourth-order valence-electron chi connectivity index (χ4n) is 4.43. The molecule has 0 aliphatic carbocycles. The Balaban J connectivity index is 2.53. The summed E-state index contributed by atoms with van der Waals surface area (Å²) in [5.41, 5.74) is 0.686. The number of nitrogens with zero attached hydrogens (tertiary/aromatic N) is 4. The summed E-state index contributed by atoms with van der Waals surface area (Å²) in [6.45, 7) is 11.4. The molecule has 0 fully saturated rings. The maximum atomic E-state index is 12.5. The zero-order valence-electron chi connectivity index (χ0n) is 32.2. The van der Waals surface area contributed by atoms with Crippen LogP contribution >= 0.6 is 23.5 Å². The van der Waals surface area contributed by atoms with Crippen molar-refractivity contribution in [2.75, 3.05) is 89.5 Å². The molecule has 14 nitrogen and oxygen atoms in total. The highest BCUT2D eigenvalue weighted by Crippen LogP contribution is 2.13. The molecule has 0 radical (unpaired) electrons. The summed E-state index contributed by atoms with van der Waals surface area (Å²) < 4.78 is 33.5. The lowest BCUT2D eigenvalue weighted by Crippen LogP contribution is -2.30. The number of methoxy groups -OCH3 is 1. The van der Waals surface area contributed by atoms with Crippen molar-refractivity contribution in [2.45, 2.75) is 92.2 Å². The fraction of sp³-hybridized carbons (Fsp3) is 0.833. The van der Waals surface area contributed by atoms with Crippen LogP contribution in [-0.4, -0.2) is 133 Å². The first kappa shape index (κ1) is 47.6. The molecular weight excluding hydrogens is 713 g/mol. The number of rotatable bonds is 34. The average Bonchev–Trinajstić information content (AvgIpc) is 3.59. The first-order valence-corrected chi connectivity index (χ1v) is 21.0. The first-order chi connectivity index (χ1) is 25.2. The van der Waals surface area contributed by atoms with Crippen LogP contribution in [0.25, 0.3) is 0 Å². The highest BCUT2D eigenvalue weighted by Gasteiger charge is 2.18. The van der Waals surface area contributed by atoms with Crippen LogP contribution in [0.2, 0.25) is 0 Å². The number of hydrogen-bond donors (Lipinski definition) is 0. The highest BCUT2D eigenvalue weighted by molar-refractivity contribution is 7.99. The molecule has 1 aromatic heterocycles. The predicted octanol–water partition coefficient (Wildman–Crippen LogP) is 4.82. The van der Waals surface area contributed by atoms with Gasteiger partial charge >= 0.3 is 23.9 Å². The number of ether oxygens (including phenoxy) is 6. The van der Waals surface area contributed by atoms with Crippen LogP contribution in [0.3, 0.4) is 0 Å². The largest absolute Gasteiger partial charge is 0.462 e. The molecule has 2 unspecified atom stereocenters. The van der Waals surface area contributed by atoms with E-state index in [4.69, 9.17) is 28.4 Å². The summed E-state index contributed by atoms with van der Waals surface area (Å²) >= 11 is 3.47. The van der Waals surface area contributed by atoms with Gasteiger partial charge in [0.25, 0.3) is 0 Å². The minimum absolute atomic E-state index is 0.00244. The third kappa shape index (κ3) is 25.6. The second-order valence-electron chi connectivity index (χ2n) is 12.5. The van der Waals surface area contributed by atoms with E-state index in [1.54, 1.807) is 35.3 Å². The van der Waals surface area contributed by atoms with Crippen molar-refractivity contribution >= 4 is 47.4 Å². The first-order valence-electron chi connectivity index (χ1n) is 18.7. The molecule has 2 atom stereocenters. The zero-order valence-corrected chi connectivity index (χ0v) is 33.8. The summed E-state index contributed by atoms with van der Waals surface area (Å²) in [5.74, 6) is 1.50. The Kier molecular flexibility index (Phi) is 29.4. The Bertz CT molecular complexity index is 1040. The van der Waals surface area contributed by atoms with E-state index in [1.165, 1.54) is 0 Å². The second-order valence-corrected chi connectivity index (χ2v) is 14.8. The van der Waals surface area contributed by atoms with Crippen molar-refractivity contribution in [3.8, 4) is 0 Å². The standard InChI is InChI=1S/C36H64N4O10S2/c1-6-8-24-51-28-30(3)35(43)49-22-20-47-33(41)12-15-39(26-32-27-40(38-37-32)14-10-18-46-19-11-17-45-5)16-13-34(42)48-21-23-50-36(44)31(4)29-52-25-9-7-2/h27,30-31H,6-26,28-29H2,1-5H3. The van der Waals surface area contributed by atoms with Crippen LogP contribution in [0, 0.1) is 11.8 Å². The summed E-state index contributed by atoms with van der Waals surface area (Å²) in [4.78, 5) is 51.4. The van der Waals surface area contributed by atoms with Crippen LogP contribution in [0.4, 0.5) is 0 Å². The van der Waals surface area contributed by atoms with Gasteiger partial charge in [-0.05, 0) is 37.2 Å². The molecule has 1 aromatic rings. The van der Waals surface area contributed by atoms with Gasteiger partial charge < -0.3 is 28.4 Å². The minimum atomic E-state index is -0.444. The number of esters is 4. The van der Waals surface area contributed by atoms with E-state index in [0.717, 1.165) is 50.0 Å². The molecule has 0 aliphatic heterocycles. The lowest BCUT2D eigenvalue weighted by Gasteiger charge is -2.20. The van der Waals surface area contributed by atoms with Gasteiger partial charge in [0.05, 0.1) is 30.4 Å². The van der Waals surface area contributed by atoms with Crippen molar-refractivity contribution in [1.29, 1.82) is 0 Å². The van der Waals surface area contributed by atoms with Crippen molar-refractivity contribution in [2.24, 2.45) is 11.8 Å². The molecule has 0 saturated heterocycles. The molecule has 0 amide bonds. The Morgan fingerprint density at radius 2 is 1.25 bits per heavy atom. The quantitative estimate of drug-likeness (QED) is 0.0533. The van der Waals surface area contributed by atoms with E-state index >= 15 is 0 Å². The number of unbranched alkanes of at least 4 members (excludes halogenated alkanes) is 2. The van der Waals surface area contributed by atoms with Crippen LogP contribution in [0.15, 0.2) is 6.20 Å². The van der Waals surface area contributed by atoms with Gasteiger partial charge in [0.1, 0.15) is 26.4 Å². The summed E-state index contributed by atoms with van der Waals surface area (Å²) in [6, 6.07) is 0. The monoisotopic (exact) mass is 776 g/mol. The van der Waals surface area contributed by atoms with Crippen LogP contribution < -0.4 is 0 Å². The molecule has 300 valence electrons. The van der Waals surface area contributed by atoms with Gasteiger partial charge in [-0.15, -0.1) is 5.10 Å². The lowest BCUT2D eigenvalue weighted by molar-refractivity contribution is -0.154. The van der Waals surface area contributed by atoms with E-state index in [2.05, 4.69) is 24.2 Å². The molecule has 0 spiro atoms. The van der Waals surface area contributed by atoms with Crippen LogP contribution in [-0.2, 0) is 60.7 Å². The molecule has 0 aromatic carbocycles. The van der Waals surface area contributed by atoms with E-state index in [9.17, 15) is 19.2 Å². The Labute approximate surface area is 319 Å². The smallest absolute Gasteiger partial charge is 0.309 e. The van der Waals surface area contributed by atoms with Crippen molar-refractivity contribution in [1.82, 2.24) is 19.9 Å². The number of carbonyl (C=O) groups is 4. The van der Waals surface area contributed by atoms with Crippen molar-refractivity contribution in [3.05, 3.63) is 11.9 Å². The lowest BCUT2D eigenvalue weighted by atomic mass is 10.2. The third-order valence-electron chi connectivity index (χ3n) is 7.56. The van der Waals surface area contributed by atoms with Gasteiger partial charge in [0.15, 0.2) is 0 Å². The van der Waals surface area contributed by atoms with Gasteiger partial charge in [0, 0.05) is 70.8 Å². The topological polar surface area (TPSA) is 158 Å². The molecule has 1 rings (SSSR count).